The van der Waals surface area contributed by atoms with Crippen molar-refractivity contribution in [3.63, 3.8) is 0 Å². The molecule has 5 heteroatoms. The highest BCUT2D eigenvalue weighted by molar-refractivity contribution is 6.32. The van der Waals surface area contributed by atoms with Gasteiger partial charge in [0.2, 0.25) is 0 Å². The van der Waals surface area contributed by atoms with Gasteiger partial charge in [-0.15, -0.1) is 0 Å². The summed E-state index contributed by atoms with van der Waals surface area (Å²) in [7, 11) is 1.46. The van der Waals surface area contributed by atoms with Gasteiger partial charge in [0.25, 0.3) is 0 Å². The third-order valence-corrected chi connectivity index (χ3v) is 2.53. The van der Waals surface area contributed by atoms with E-state index in [-0.39, 0.29) is 16.2 Å². The average Bonchev–Trinajstić information content (AvgIpc) is 2.30. The minimum atomic E-state index is -0.504. The number of methoxy groups -OCH3 is 1. The third kappa shape index (κ3) is 1.61. The fourth-order valence-corrected chi connectivity index (χ4v) is 1.64. The number of benzene rings is 1. The van der Waals surface area contributed by atoms with Crippen molar-refractivity contribution in [1.82, 2.24) is 4.98 Å². The number of nitrogens with zero attached hydrogens (tertiary/aromatic N) is 1. The summed E-state index contributed by atoms with van der Waals surface area (Å²) in [6.45, 7) is 0. The van der Waals surface area contributed by atoms with Gasteiger partial charge in [0.05, 0.1) is 12.7 Å². The first-order chi connectivity index (χ1) is 7.67. The second-order valence-electron chi connectivity index (χ2n) is 3.13. The van der Waals surface area contributed by atoms with Gasteiger partial charge in [-0.3, -0.25) is 4.79 Å². The molecule has 0 fully saturated rings. The first-order valence-electron chi connectivity index (χ1n) is 4.45. The van der Waals surface area contributed by atoms with Gasteiger partial charge < -0.3 is 4.74 Å². The highest BCUT2D eigenvalue weighted by atomic mass is 35.5. The Kier molecular flexibility index (Phi) is 2.75. The predicted molar refractivity (Wildman–Crippen MR) is 58.7 cm³/mol. The van der Waals surface area contributed by atoms with Gasteiger partial charge in [0.15, 0.2) is 6.29 Å². The molecule has 16 heavy (non-hydrogen) atoms. The highest BCUT2D eigenvalue weighted by Crippen LogP contribution is 2.29. The zero-order valence-electron chi connectivity index (χ0n) is 8.33. The molecule has 0 amide bonds. The molecule has 0 unspecified atom stereocenters. The monoisotopic (exact) mass is 239 g/mol. The standard InChI is InChI=1S/C11H7ClFNO2/c1-16-9-3-2-8(13)10-7(9)4-6(5-15)11(12)14-10/h2-5H,1H3. The van der Waals surface area contributed by atoms with Crippen LogP contribution in [0.5, 0.6) is 5.75 Å². The highest BCUT2D eigenvalue weighted by Gasteiger charge is 2.11. The Morgan fingerprint density at radius 1 is 1.50 bits per heavy atom. The number of aromatic nitrogens is 1. The maximum absolute atomic E-state index is 13.5. The molecule has 0 spiro atoms. The minimum Gasteiger partial charge on any atom is -0.496 e. The molecule has 3 nitrogen and oxygen atoms in total. The van der Waals surface area contributed by atoms with E-state index >= 15 is 0 Å². The van der Waals surface area contributed by atoms with Gasteiger partial charge in [-0.1, -0.05) is 11.6 Å². The predicted octanol–water partition coefficient (Wildman–Crippen LogP) is 2.85. The lowest BCUT2D eigenvalue weighted by atomic mass is 10.1. The van der Waals surface area contributed by atoms with E-state index < -0.39 is 5.82 Å². The number of hydrogen-bond acceptors (Lipinski definition) is 3. The molecular weight excluding hydrogens is 233 g/mol. The number of pyridine rings is 1. The van der Waals surface area contributed by atoms with Crippen molar-refractivity contribution in [2.45, 2.75) is 0 Å². The molecule has 2 aromatic rings. The molecule has 2 rings (SSSR count). The van der Waals surface area contributed by atoms with Crippen LogP contribution >= 0.6 is 11.6 Å². The van der Waals surface area contributed by atoms with Gasteiger partial charge in [0, 0.05) is 5.39 Å². The Morgan fingerprint density at radius 3 is 2.88 bits per heavy atom. The summed E-state index contributed by atoms with van der Waals surface area (Å²) in [5.74, 6) is -0.0567. The lowest BCUT2D eigenvalue weighted by molar-refractivity contribution is 0.112. The lowest BCUT2D eigenvalue weighted by Crippen LogP contribution is -1.94. The Labute approximate surface area is 95.8 Å². The van der Waals surface area contributed by atoms with Crippen molar-refractivity contribution in [2.75, 3.05) is 7.11 Å². The van der Waals surface area contributed by atoms with Crippen molar-refractivity contribution in [2.24, 2.45) is 0 Å². The van der Waals surface area contributed by atoms with E-state index in [9.17, 15) is 9.18 Å². The topological polar surface area (TPSA) is 39.2 Å². The van der Waals surface area contributed by atoms with E-state index in [1.807, 2.05) is 0 Å². The molecule has 0 saturated carbocycles. The largest absolute Gasteiger partial charge is 0.496 e. The number of fused-ring (bicyclic) bond motifs is 1. The Bertz CT molecular complexity index is 571. The van der Waals surface area contributed by atoms with Gasteiger partial charge in [-0.2, -0.15) is 0 Å². The molecule has 1 aromatic heterocycles. The molecule has 0 radical (unpaired) electrons. The fraction of sp³-hybridized carbons (Fsp3) is 0.0909. The van der Waals surface area contributed by atoms with Crippen LogP contribution in [0.3, 0.4) is 0 Å². The molecule has 1 heterocycles. The van der Waals surface area contributed by atoms with Gasteiger partial charge >= 0.3 is 0 Å². The second kappa shape index (κ2) is 4.06. The second-order valence-corrected chi connectivity index (χ2v) is 3.49. The van der Waals surface area contributed by atoms with E-state index in [4.69, 9.17) is 16.3 Å². The van der Waals surface area contributed by atoms with Crippen molar-refractivity contribution >= 4 is 28.8 Å². The number of carbonyl (C=O) groups is 1. The van der Waals surface area contributed by atoms with Crippen LogP contribution in [-0.2, 0) is 0 Å². The Morgan fingerprint density at radius 2 is 2.25 bits per heavy atom. The SMILES string of the molecule is COc1ccc(F)c2nc(Cl)c(C=O)cc12. The molecule has 0 aliphatic heterocycles. The molecule has 0 atom stereocenters. The van der Waals surface area contributed by atoms with Crippen molar-refractivity contribution in [1.29, 1.82) is 0 Å². The summed E-state index contributed by atoms with van der Waals surface area (Å²) in [5.41, 5.74) is 0.299. The zero-order chi connectivity index (χ0) is 11.7. The third-order valence-electron chi connectivity index (χ3n) is 2.22. The average molecular weight is 240 g/mol. The molecule has 82 valence electrons. The van der Waals surface area contributed by atoms with E-state index in [1.54, 1.807) is 0 Å². The van der Waals surface area contributed by atoms with E-state index in [0.29, 0.717) is 17.4 Å². The van der Waals surface area contributed by atoms with E-state index in [1.165, 1.54) is 25.3 Å². The number of rotatable bonds is 2. The lowest BCUT2D eigenvalue weighted by Gasteiger charge is -2.06. The van der Waals surface area contributed by atoms with Gasteiger partial charge in [0.1, 0.15) is 22.2 Å². The summed E-state index contributed by atoms with van der Waals surface area (Å²) in [6.07, 6.45) is 0.569. The molecule has 1 aromatic carbocycles. The number of ether oxygens (including phenoxy) is 1. The van der Waals surface area contributed by atoms with Crippen molar-refractivity contribution in [3.05, 3.63) is 34.7 Å². The van der Waals surface area contributed by atoms with Crippen LogP contribution < -0.4 is 4.74 Å². The summed E-state index contributed by atoms with van der Waals surface area (Å²) in [5, 5.41) is 0.406. The van der Waals surface area contributed by atoms with Crippen LogP contribution in [0.2, 0.25) is 5.15 Å². The van der Waals surface area contributed by atoms with Gasteiger partial charge in [-0.05, 0) is 18.2 Å². The molecule has 0 bridgehead atoms. The Balaban J connectivity index is 2.88. The zero-order valence-corrected chi connectivity index (χ0v) is 9.08. The van der Waals surface area contributed by atoms with Crippen LogP contribution in [0.1, 0.15) is 10.4 Å². The normalized spacial score (nSPS) is 10.4. The molecule has 0 aliphatic rings. The van der Waals surface area contributed by atoms with Crippen molar-refractivity contribution < 1.29 is 13.9 Å². The minimum absolute atomic E-state index is 0.0188. The summed E-state index contributed by atoms with van der Waals surface area (Å²) in [6, 6.07) is 4.17. The molecule has 0 N–H and O–H groups in total. The maximum atomic E-state index is 13.5. The first kappa shape index (κ1) is 10.8. The fourth-order valence-electron chi connectivity index (χ4n) is 1.45. The summed E-state index contributed by atoms with van der Waals surface area (Å²) >= 11 is 5.72. The molecular formula is C11H7ClFNO2. The van der Waals surface area contributed by atoms with Crippen molar-refractivity contribution in [3.8, 4) is 5.75 Å². The van der Waals surface area contributed by atoms with Crippen LogP contribution in [0.4, 0.5) is 4.39 Å². The number of hydrogen-bond donors (Lipinski definition) is 0. The summed E-state index contributed by atoms with van der Waals surface area (Å²) in [4.78, 5) is 14.5. The maximum Gasteiger partial charge on any atom is 0.153 e. The quantitative estimate of drug-likeness (QED) is 0.598. The van der Waals surface area contributed by atoms with Gasteiger partial charge in [-0.25, -0.2) is 9.37 Å². The Hall–Kier alpha value is -1.68. The molecule has 0 saturated heterocycles. The summed E-state index contributed by atoms with van der Waals surface area (Å²) < 4.78 is 18.5. The number of halogens is 2. The molecule has 0 aliphatic carbocycles. The van der Waals surface area contributed by atoms with Crippen LogP contribution in [0.15, 0.2) is 18.2 Å². The van der Waals surface area contributed by atoms with E-state index in [0.717, 1.165) is 0 Å². The van der Waals surface area contributed by atoms with E-state index in [2.05, 4.69) is 4.98 Å². The first-order valence-corrected chi connectivity index (χ1v) is 4.83. The van der Waals surface area contributed by atoms with Crippen LogP contribution in [-0.4, -0.2) is 18.4 Å². The van der Waals surface area contributed by atoms with Crippen LogP contribution in [0, 0.1) is 5.82 Å². The van der Waals surface area contributed by atoms with Crippen LogP contribution in [0.25, 0.3) is 10.9 Å². The smallest absolute Gasteiger partial charge is 0.153 e. The number of carbonyl (C=O) groups excluding carboxylic acids is 1. The number of aldehydes is 1.